The Labute approximate surface area is 167 Å². The number of carboxylic acid groups (broad SMARTS) is 1. The minimum Gasteiger partial charge on any atom is -0.481 e. The predicted molar refractivity (Wildman–Crippen MR) is 108 cm³/mol. The van der Waals surface area contributed by atoms with Gasteiger partial charge in [-0.2, -0.15) is 0 Å². The average molecular weight is 398 g/mol. The van der Waals surface area contributed by atoms with Gasteiger partial charge < -0.3 is 15.2 Å². The summed E-state index contributed by atoms with van der Waals surface area (Å²) in [4.78, 5) is 21.0. The van der Waals surface area contributed by atoms with Gasteiger partial charge in [-0.1, -0.05) is 75.0 Å². The van der Waals surface area contributed by atoms with Crippen molar-refractivity contribution in [3.63, 3.8) is 0 Å². The van der Waals surface area contributed by atoms with Crippen LogP contribution in [-0.4, -0.2) is 29.3 Å². The highest BCUT2D eigenvalue weighted by Gasteiger charge is 2.33. The molecule has 1 amide bonds. The van der Waals surface area contributed by atoms with Crippen molar-refractivity contribution in [2.24, 2.45) is 11.3 Å². The van der Waals surface area contributed by atoms with Crippen molar-refractivity contribution in [3.05, 3.63) is 35.9 Å². The summed E-state index contributed by atoms with van der Waals surface area (Å²) < 4.78 is 5.21. The number of aliphatic carboxylic acids is 1. The molecule has 1 fully saturated rings. The number of alkyl halides is 1. The molecule has 6 heteroatoms. The predicted octanol–water partition coefficient (Wildman–Crippen LogP) is 5.22. The van der Waals surface area contributed by atoms with Crippen LogP contribution >= 0.6 is 11.6 Å². The number of hydrogen-bond acceptors (Lipinski definition) is 3. The molecule has 0 spiro atoms. The van der Waals surface area contributed by atoms with E-state index in [1.54, 1.807) is 0 Å². The summed E-state index contributed by atoms with van der Waals surface area (Å²) in [5.41, 5.74) is 0.895. The zero-order valence-electron chi connectivity index (χ0n) is 16.5. The molecule has 1 aliphatic carbocycles. The number of carbonyl (C=O) groups is 2. The first-order chi connectivity index (χ1) is 12.7. The average Bonchev–Trinajstić information content (AvgIpc) is 2.61. The van der Waals surface area contributed by atoms with Crippen LogP contribution < -0.4 is 5.32 Å². The quantitative estimate of drug-likeness (QED) is 0.645. The third-order valence-electron chi connectivity index (χ3n) is 4.69. The molecule has 1 aromatic carbocycles. The van der Waals surface area contributed by atoms with Crippen LogP contribution in [0.3, 0.4) is 0 Å². The van der Waals surface area contributed by atoms with Gasteiger partial charge in [-0.15, -0.1) is 0 Å². The number of alkyl carbamates (subject to hydrolysis) is 1. The molecular weight excluding hydrogens is 366 g/mol. The van der Waals surface area contributed by atoms with Crippen LogP contribution in [0.1, 0.15) is 58.4 Å². The molecule has 1 aromatic rings. The van der Waals surface area contributed by atoms with Gasteiger partial charge in [0.1, 0.15) is 0 Å². The van der Waals surface area contributed by atoms with Crippen molar-refractivity contribution in [2.45, 2.75) is 64.9 Å². The summed E-state index contributed by atoms with van der Waals surface area (Å²) in [5, 5.41) is 10.4. The Kier molecular flexibility index (Phi) is 10.2. The summed E-state index contributed by atoms with van der Waals surface area (Å²) >= 11 is 6.01. The van der Waals surface area contributed by atoms with Crippen molar-refractivity contribution in [3.8, 4) is 0 Å². The maximum atomic E-state index is 12.0. The van der Waals surface area contributed by atoms with Crippen LogP contribution in [-0.2, 0) is 16.0 Å². The highest BCUT2D eigenvalue weighted by molar-refractivity contribution is 6.20. The molecule has 2 rings (SSSR count). The highest BCUT2D eigenvalue weighted by atomic mass is 35.5. The normalized spacial score (nSPS) is 16.6. The van der Waals surface area contributed by atoms with E-state index in [0.29, 0.717) is 6.54 Å². The molecule has 1 atom stereocenters. The molecular formula is C21H32ClNO4. The Morgan fingerprint density at radius 3 is 2.26 bits per heavy atom. The molecule has 1 aliphatic rings. The van der Waals surface area contributed by atoms with Gasteiger partial charge in [0.05, 0.1) is 0 Å². The molecule has 0 radical (unpaired) electrons. The number of benzene rings is 1. The fraction of sp³-hybridized carbons (Fsp3) is 0.619. The Morgan fingerprint density at radius 1 is 1.19 bits per heavy atom. The SMILES string of the molecule is CC(=O)O.CC(C)C(Cl)OC(=O)NCC1(Cc2ccccc2)CCCCC1. The smallest absolute Gasteiger partial charge is 0.408 e. The molecule has 1 saturated carbocycles. The number of carboxylic acids is 1. The van der Waals surface area contributed by atoms with Gasteiger partial charge in [-0.05, 0) is 30.2 Å². The number of carbonyl (C=O) groups excluding carboxylic acids is 1. The van der Waals surface area contributed by atoms with Crippen LogP contribution in [0.2, 0.25) is 0 Å². The first kappa shape index (κ1) is 23.3. The summed E-state index contributed by atoms with van der Waals surface area (Å²) in [5.74, 6) is -0.727. The minimum atomic E-state index is -0.833. The summed E-state index contributed by atoms with van der Waals surface area (Å²) in [6.45, 7) is 5.61. The highest BCUT2D eigenvalue weighted by Crippen LogP contribution is 2.38. The van der Waals surface area contributed by atoms with E-state index in [-0.39, 0.29) is 11.3 Å². The third-order valence-corrected chi connectivity index (χ3v) is 5.28. The van der Waals surface area contributed by atoms with Gasteiger partial charge in [0.2, 0.25) is 0 Å². The topological polar surface area (TPSA) is 75.6 Å². The molecule has 0 bridgehead atoms. The van der Waals surface area contributed by atoms with Crippen molar-refractivity contribution in [1.29, 1.82) is 0 Å². The fourth-order valence-electron chi connectivity index (χ4n) is 3.29. The lowest BCUT2D eigenvalue weighted by atomic mass is 9.70. The van der Waals surface area contributed by atoms with E-state index in [0.717, 1.165) is 26.2 Å². The van der Waals surface area contributed by atoms with E-state index >= 15 is 0 Å². The largest absolute Gasteiger partial charge is 0.481 e. The third kappa shape index (κ3) is 9.66. The molecule has 0 aromatic heterocycles. The molecule has 0 saturated heterocycles. The van der Waals surface area contributed by atoms with E-state index < -0.39 is 17.6 Å². The van der Waals surface area contributed by atoms with Crippen LogP contribution in [0.5, 0.6) is 0 Å². The lowest BCUT2D eigenvalue weighted by Crippen LogP contribution is -2.41. The Balaban J connectivity index is 0.000000828. The molecule has 2 N–H and O–H groups in total. The maximum absolute atomic E-state index is 12.0. The van der Waals surface area contributed by atoms with Gasteiger partial charge in [-0.25, -0.2) is 4.79 Å². The Hall–Kier alpha value is -1.75. The number of rotatable bonds is 6. The molecule has 1 unspecified atom stereocenters. The van der Waals surface area contributed by atoms with Gasteiger partial charge in [-0.3, -0.25) is 4.79 Å². The van der Waals surface area contributed by atoms with E-state index in [1.807, 2.05) is 19.9 Å². The van der Waals surface area contributed by atoms with Crippen LogP contribution in [0.25, 0.3) is 0 Å². The van der Waals surface area contributed by atoms with E-state index in [4.69, 9.17) is 26.2 Å². The van der Waals surface area contributed by atoms with Crippen molar-refractivity contribution in [2.75, 3.05) is 6.54 Å². The number of ether oxygens (including phenoxy) is 1. The molecule has 5 nitrogen and oxygen atoms in total. The molecule has 152 valence electrons. The summed E-state index contributed by atoms with van der Waals surface area (Å²) in [7, 11) is 0. The lowest BCUT2D eigenvalue weighted by molar-refractivity contribution is -0.134. The monoisotopic (exact) mass is 397 g/mol. The van der Waals surface area contributed by atoms with Crippen LogP contribution in [0, 0.1) is 11.3 Å². The number of hydrogen-bond donors (Lipinski definition) is 2. The van der Waals surface area contributed by atoms with Crippen LogP contribution in [0.4, 0.5) is 4.79 Å². The van der Waals surface area contributed by atoms with E-state index in [1.165, 1.54) is 24.8 Å². The lowest BCUT2D eigenvalue weighted by Gasteiger charge is -2.37. The zero-order chi connectivity index (χ0) is 20.3. The second-order valence-corrected chi connectivity index (χ2v) is 8.03. The van der Waals surface area contributed by atoms with Crippen molar-refractivity contribution in [1.82, 2.24) is 5.32 Å². The molecule has 27 heavy (non-hydrogen) atoms. The number of halogens is 1. The van der Waals surface area contributed by atoms with Crippen LogP contribution in [0.15, 0.2) is 30.3 Å². The standard InChI is InChI=1S/C19H28ClNO2.C2H4O2/c1-15(2)17(20)23-18(22)21-14-19(11-7-4-8-12-19)13-16-9-5-3-6-10-16;1-2(3)4/h3,5-6,9-10,15,17H,4,7-8,11-14H2,1-2H3,(H,21,22);1H3,(H,3,4). The minimum absolute atomic E-state index is 0.107. The van der Waals surface area contributed by atoms with Gasteiger partial charge in [0.25, 0.3) is 5.97 Å². The second-order valence-electron chi connectivity index (χ2n) is 7.60. The van der Waals surface area contributed by atoms with Crippen molar-refractivity contribution >= 4 is 23.7 Å². The number of nitrogens with one attached hydrogen (secondary N) is 1. The van der Waals surface area contributed by atoms with Crippen molar-refractivity contribution < 1.29 is 19.4 Å². The summed E-state index contributed by atoms with van der Waals surface area (Å²) in [6, 6.07) is 10.5. The van der Waals surface area contributed by atoms with E-state index in [2.05, 4.69) is 29.6 Å². The van der Waals surface area contributed by atoms with Gasteiger partial charge in [0.15, 0.2) is 5.56 Å². The first-order valence-corrected chi connectivity index (χ1v) is 10.00. The Bertz CT molecular complexity index is 567. The van der Waals surface area contributed by atoms with Gasteiger partial charge in [0, 0.05) is 19.4 Å². The summed E-state index contributed by atoms with van der Waals surface area (Å²) in [6.07, 6.45) is 6.65. The van der Waals surface area contributed by atoms with Gasteiger partial charge >= 0.3 is 6.09 Å². The fourth-order valence-corrected chi connectivity index (χ4v) is 3.37. The number of amides is 1. The molecule has 0 aliphatic heterocycles. The molecule has 0 heterocycles. The Morgan fingerprint density at radius 2 is 1.74 bits per heavy atom. The zero-order valence-corrected chi connectivity index (χ0v) is 17.3. The maximum Gasteiger partial charge on any atom is 0.408 e. The first-order valence-electron chi connectivity index (χ1n) is 9.56. The van der Waals surface area contributed by atoms with E-state index in [9.17, 15) is 4.79 Å². The second kappa shape index (κ2) is 11.9.